The van der Waals surface area contributed by atoms with Crippen molar-refractivity contribution in [2.75, 3.05) is 39.6 Å². The lowest BCUT2D eigenvalue weighted by Crippen LogP contribution is -2.37. The van der Waals surface area contributed by atoms with Crippen LogP contribution in [0.2, 0.25) is 0 Å². The van der Waals surface area contributed by atoms with Crippen molar-refractivity contribution in [3.8, 4) is 6.07 Å². The lowest BCUT2D eigenvalue weighted by atomic mass is 10.1. The number of nitrogens with zero attached hydrogens (tertiary/aromatic N) is 1. The predicted octanol–water partition coefficient (Wildman–Crippen LogP) is 1.48. The van der Waals surface area contributed by atoms with Crippen LogP contribution in [-0.2, 0) is 32.3 Å². The van der Waals surface area contributed by atoms with E-state index in [0.717, 1.165) is 0 Å². The summed E-state index contributed by atoms with van der Waals surface area (Å²) in [5.41, 5.74) is 0. The smallest absolute Gasteiger partial charge is 0.394 e. The first-order valence-corrected chi connectivity index (χ1v) is 11.2. The van der Waals surface area contributed by atoms with Crippen molar-refractivity contribution in [1.82, 2.24) is 0 Å². The number of aliphatic hydroxyl groups excluding tert-OH is 2. The summed E-state index contributed by atoms with van der Waals surface area (Å²) >= 11 is 0. The Labute approximate surface area is 178 Å². The molecule has 0 aromatic rings. The van der Waals surface area contributed by atoms with Crippen LogP contribution < -0.4 is 0 Å². The van der Waals surface area contributed by atoms with E-state index >= 15 is 0 Å². The maximum Gasteiger partial charge on any atom is 0.475 e. The fourth-order valence-corrected chi connectivity index (χ4v) is 4.20. The molecule has 0 saturated carbocycles. The molecule has 2 aliphatic heterocycles. The van der Waals surface area contributed by atoms with Crippen molar-refractivity contribution in [2.24, 2.45) is 0 Å². The highest BCUT2D eigenvalue weighted by atomic mass is 31.2. The average Bonchev–Trinajstić information content (AvgIpc) is 3.27. The molecule has 11 heteroatoms. The average molecular weight is 449 g/mol. The largest absolute Gasteiger partial charge is 0.475 e. The zero-order valence-electron chi connectivity index (χ0n) is 17.9. The van der Waals surface area contributed by atoms with E-state index in [1.165, 1.54) is 0 Å². The molecule has 0 aromatic heterocycles. The van der Waals surface area contributed by atoms with E-state index < -0.39 is 51.5 Å². The Morgan fingerprint density at radius 3 is 2.83 bits per heavy atom. The van der Waals surface area contributed by atoms with Gasteiger partial charge >= 0.3 is 7.82 Å². The first-order chi connectivity index (χ1) is 14.9. The van der Waals surface area contributed by atoms with Gasteiger partial charge in [-0.2, -0.15) is 5.26 Å². The van der Waals surface area contributed by atoms with E-state index in [-0.39, 0.29) is 39.3 Å². The van der Waals surface area contributed by atoms with Crippen LogP contribution in [0.1, 0.15) is 21.1 Å². The minimum atomic E-state index is -4.24. The lowest BCUT2D eigenvalue weighted by Gasteiger charge is -2.27. The van der Waals surface area contributed by atoms with Gasteiger partial charge in [0.2, 0.25) is 0 Å². The predicted molar refractivity (Wildman–Crippen MR) is 105 cm³/mol. The van der Waals surface area contributed by atoms with Crippen LogP contribution >= 0.6 is 7.82 Å². The molecule has 0 radical (unpaired) electrons. The van der Waals surface area contributed by atoms with Crippen molar-refractivity contribution < 1.29 is 43.9 Å². The van der Waals surface area contributed by atoms with Gasteiger partial charge in [0.15, 0.2) is 0 Å². The molecule has 0 aliphatic carbocycles. The lowest BCUT2D eigenvalue weighted by molar-refractivity contribution is -0.0422. The number of phosphoric ester groups is 1. The monoisotopic (exact) mass is 449 g/mol. The van der Waals surface area contributed by atoms with Crippen LogP contribution in [0, 0.1) is 11.3 Å². The number of nitriles is 1. The van der Waals surface area contributed by atoms with Gasteiger partial charge in [-0.15, -0.1) is 0 Å². The van der Waals surface area contributed by atoms with Crippen molar-refractivity contribution in [3.05, 3.63) is 24.3 Å². The van der Waals surface area contributed by atoms with E-state index in [4.69, 9.17) is 34.4 Å². The first kappa shape index (κ1) is 23.5. The number of rotatable bonds is 13. The van der Waals surface area contributed by atoms with Crippen molar-refractivity contribution >= 4 is 7.82 Å². The summed E-state index contributed by atoms with van der Waals surface area (Å²) in [6.45, 7) is 0.379. The summed E-state index contributed by atoms with van der Waals surface area (Å²) in [5.74, 6) is 0. The molecule has 7 atom stereocenters. The van der Waals surface area contributed by atoms with Crippen molar-refractivity contribution in [3.63, 3.8) is 0 Å². The highest BCUT2D eigenvalue weighted by Gasteiger charge is 2.45. The molecule has 2 rings (SSSR count). The second kappa shape index (κ2) is 13.3. The third kappa shape index (κ3) is 7.85. The summed E-state index contributed by atoms with van der Waals surface area (Å²) in [4.78, 5) is 0. The van der Waals surface area contributed by atoms with Gasteiger partial charge in [-0.25, -0.2) is 4.57 Å². The zero-order chi connectivity index (χ0) is 22.7. The molecule has 0 aromatic carbocycles. The van der Waals surface area contributed by atoms with Gasteiger partial charge in [0.05, 0.1) is 53.0 Å². The van der Waals surface area contributed by atoms with Crippen LogP contribution in [0.3, 0.4) is 0 Å². The van der Waals surface area contributed by atoms with Gasteiger partial charge in [-0.05, 0) is 13.3 Å². The van der Waals surface area contributed by atoms with Gasteiger partial charge in [0.1, 0.15) is 24.4 Å². The summed E-state index contributed by atoms with van der Waals surface area (Å²) in [5, 5.41) is 28.2. The fourth-order valence-electron chi connectivity index (χ4n) is 2.79. The number of ether oxygens (including phenoxy) is 3. The molecule has 2 N–H and O–H groups in total. The van der Waals surface area contributed by atoms with Crippen molar-refractivity contribution in [2.45, 2.75) is 50.3 Å². The van der Waals surface area contributed by atoms with Gasteiger partial charge in [0, 0.05) is 6.58 Å². The summed E-state index contributed by atoms with van der Waals surface area (Å²) < 4.78 is 53.4. The van der Waals surface area contributed by atoms with Gasteiger partial charge in [-0.3, -0.25) is 13.6 Å². The fraction of sp³-hybridized carbons (Fsp3) is 0.737. The van der Waals surface area contributed by atoms with Crippen LogP contribution in [0.15, 0.2) is 24.3 Å². The van der Waals surface area contributed by atoms with Crippen LogP contribution in [0.4, 0.5) is 0 Å². The normalized spacial score (nSPS) is 34.4. The third-order valence-electron chi connectivity index (χ3n) is 4.38. The second-order valence-electron chi connectivity index (χ2n) is 6.58. The topological polar surface area (TPSA) is 137 Å². The van der Waals surface area contributed by atoms with E-state index in [0.29, 0.717) is 0 Å². The Morgan fingerprint density at radius 2 is 2.17 bits per heavy atom. The maximum atomic E-state index is 13.2. The number of allylic oxidation sites excluding steroid dienone is 3. The third-order valence-corrected chi connectivity index (χ3v) is 5.85. The molecule has 2 aliphatic rings. The summed E-state index contributed by atoms with van der Waals surface area (Å²) in [6, 6.07) is 1.87. The minimum absolute atomic E-state index is 0.0473. The van der Waals surface area contributed by atoms with Gasteiger partial charge in [-0.1, -0.05) is 24.3 Å². The summed E-state index contributed by atoms with van der Waals surface area (Å²) in [7, 11) is -4.24. The summed E-state index contributed by atoms with van der Waals surface area (Å²) in [6.07, 6.45) is 3.12. The molecule has 2 fully saturated rings. The number of aliphatic hydroxyl groups is 2. The molecular formula is C19H30NO9P. The molecule has 170 valence electrons. The van der Waals surface area contributed by atoms with E-state index in [2.05, 4.69) is 0 Å². The Kier molecular flexibility index (Phi) is 10.5. The van der Waals surface area contributed by atoms with Crippen LogP contribution in [-0.4, -0.2) is 80.4 Å². The molecular weight excluding hydrogens is 417 g/mol. The van der Waals surface area contributed by atoms with E-state index in [9.17, 15) is 14.8 Å². The van der Waals surface area contributed by atoms with Crippen molar-refractivity contribution in [1.29, 1.82) is 5.26 Å². The molecule has 2 unspecified atom stereocenters. The quantitative estimate of drug-likeness (QED) is 0.242. The Hall–Kier alpha value is -1.12. The highest BCUT2D eigenvalue weighted by Crippen LogP contribution is 2.52. The van der Waals surface area contributed by atoms with Crippen LogP contribution in [0.25, 0.3) is 0 Å². The standard InChI is InChI=1S/C19H30NO9P/c1-2-3-4-5-9-24-18-13-26-16(12-21)19(18)29-30(23,27-10-6-8-20)28-14-17-15(22)7-11-25-17/h2-5,15-19,21-22H,6-7,9-14H2,1H3/b3-2+,5-4+/t15-,16-,17-,18?,19+,30?/m1/s1/i11T/t11-,15+,16+,17+,18?,19-,30?/m0. The molecule has 10 nitrogen and oxygen atoms in total. The minimum Gasteiger partial charge on any atom is -0.394 e. The highest BCUT2D eigenvalue weighted by molar-refractivity contribution is 7.48. The Balaban J connectivity index is 2.04. The molecule has 2 heterocycles. The SMILES string of the molecule is [3H][C@H]1C[C@@H](O)[C@@H](COP(=O)(OCCC#N)O[C@@H]2C(OC/C=C/C=C/C)CO[C@@H]2CO)O1. The number of phosphoric acid groups is 1. The van der Waals surface area contributed by atoms with Gasteiger partial charge in [0.25, 0.3) is 0 Å². The zero-order valence-corrected chi connectivity index (χ0v) is 17.8. The molecule has 2 saturated heterocycles. The molecule has 0 bridgehead atoms. The van der Waals surface area contributed by atoms with Crippen LogP contribution in [0.5, 0.6) is 0 Å². The second-order valence-corrected chi connectivity index (χ2v) is 8.20. The molecule has 0 amide bonds. The number of hydrogen-bond donors (Lipinski definition) is 2. The molecule has 30 heavy (non-hydrogen) atoms. The van der Waals surface area contributed by atoms with E-state index in [1.54, 1.807) is 12.2 Å². The maximum absolute atomic E-state index is 13.2. The Morgan fingerprint density at radius 1 is 1.33 bits per heavy atom. The molecule has 0 spiro atoms. The first-order valence-electron chi connectivity index (χ1n) is 10.3. The Bertz CT molecular complexity index is 686. The number of hydrogen-bond acceptors (Lipinski definition) is 10. The van der Waals surface area contributed by atoms with E-state index in [1.807, 2.05) is 25.1 Å². The van der Waals surface area contributed by atoms with Gasteiger partial charge < -0.3 is 24.4 Å².